The molecule has 0 saturated carbocycles. The molecule has 0 atom stereocenters. The van der Waals surface area contributed by atoms with Gasteiger partial charge in [0.25, 0.3) is 0 Å². The number of hydrogen-bond donors (Lipinski definition) is 2. The van der Waals surface area contributed by atoms with Crippen molar-refractivity contribution in [1.82, 2.24) is 4.98 Å². The molecule has 1 aliphatic heterocycles. The highest BCUT2D eigenvalue weighted by Gasteiger charge is 2.14. The molecule has 148 valence electrons. The van der Waals surface area contributed by atoms with Gasteiger partial charge in [-0.1, -0.05) is 47.2 Å². The number of fused-ring (bicyclic) bond motifs is 3. The number of hydrogen-bond acceptors (Lipinski definition) is 6. The first-order valence-electron chi connectivity index (χ1n) is 9.21. The predicted octanol–water partition coefficient (Wildman–Crippen LogP) is 5.01. The average Bonchev–Trinajstić information content (AvgIpc) is 3.28. The largest absolute Gasteiger partial charge is 0.495 e. The van der Waals surface area contributed by atoms with E-state index in [9.17, 15) is 5.11 Å². The van der Waals surface area contributed by atoms with Crippen LogP contribution in [-0.2, 0) is 0 Å². The number of aromatic hydroxyl groups is 1. The van der Waals surface area contributed by atoms with Crippen LogP contribution in [0.3, 0.4) is 0 Å². The molecule has 5 nitrogen and oxygen atoms in total. The molecule has 2 heterocycles. The van der Waals surface area contributed by atoms with Crippen molar-refractivity contribution in [3.05, 3.63) is 81.1 Å². The number of aromatic nitrogens is 1. The van der Waals surface area contributed by atoms with Gasteiger partial charge in [0.15, 0.2) is 5.13 Å². The third-order valence-electron chi connectivity index (χ3n) is 4.79. The lowest BCUT2D eigenvalue weighted by molar-refractivity contribution is 0.417. The van der Waals surface area contributed by atoms with Crippen LogP contribution in [0.1, 0.15) is 4.88 Å². The Labute approximate surface area is 181 Å². The van der Waals surface area contributed by atoms with Crippen LogP contribution >= 0.6 is 22.9 Å². The summed E-state index contributed by atoms with van der Waals surface area (Å²) in [5, 5.41) is 16.6. The van der Waals surface area contributed by atoms with Crippen LogP contribution in [0, 0.1) is 0 Å². The van der Waals surface area contributed by atoms with Gasteiger partial charge < -0.3 is 15.2 Å². The van der Waals surface area contributed by atoms with Crippen molar-refractivity contribution in [2.24, 2.45) is 4.99 Å². The van der Waals surface area contributed by atoms with Gasteiger partial charge in [0, 0.05) is 16.1 Å². The van der Waals surface area contributed by atoms with Crippen molar-refractivity contribution in [3.8, 4) is 22.8 Å². The molecule has 0 unspecified atom stereocenters. The van der Waals surface area contributed by atoms with Gasteiger partial charge in [-0.05, 0) is 47.7 Å². The molecule has 0 bridgehead atoms. The second-order valence-corrected chi connectivity index (χ2v) is 8.19. The van der Waals surface area contributed by atoms with Crippen molar-refractivity contribution < 1.29 is 9.84 Å². The van der Waals surface area contributed by atoms with E-state index in [1.54, 1.807) is 25.3 Å². The summed E-state index contributed by atoms with van der Waals surface area (Å²) in [5.41, 5.74) is 3.87. The van der Waals surface area contributed by atoms with Crippen molar-refractivity contribution >= 4 is 45.5 Å². The van der Waals surface area contributed by atoms with Gasteiger partial charge >= 0.3 is 0 Å². The van der Waals surface area contributed by atoms with E-state index in [2.05, 4.69) is 27.4 Å². The molecule has 0 amide bonds. The molecule has 2 N–H and O–H groups in total. The minimum absolute atomic E-state index is 0.0333. The SMILES string of the molecule is COc1ccc(Cl)cc1Nc1nc(O)c(C=c2ccc3c(c2)-c2ccccc2N=3)s1. The standard InChI is InChI=1S/C23H16ClN3O2S/c1-29-20-9-7-14(24)12-19(20)26-23-27-22(28)21(30-23)11-13-6-8-18-16(10-13)15-4-2-3-5-17(15)25-18/h2-12,28H,1H3,(H,26,27). The van der Waals surface area contributed by atoms with E-state index in [-0.39, 0.29) is 5.88 Å². The van der Waals surface area contributed by atoms with Gasteiger partial charge in [0.05, 0.1) is 28.7 Å². The van der Waals surface area contributed by atoms with E-state index in [1.165, 1.54) is 11.3 Å². The molecule has 0 aliphatic carbocycles. The molecule has 0 fully saturated rings. The van der Waals surface area contributed by atoms with Crippen LogP contribution in [0.2, 0.25) is 5.02 Å². The molecule has 4 aromatic rings. The lowest BCUT2D eigenvalue weighted by atomic mass is 10.0. The Morgan fingerprint density at radius 3 is 2.80 bits per heavy atom. The summed E-state index contributed by atoms with van der Waals surface area (Å²) in [6.45, 7) is 0. The van der Waals surface area contributed by atoms with E-state index in [4.69, 9.17) is 16.3 Å². The molecule has 5 rings (SSSR count). The quantitative estimate of drug-likeness (QED) is 0.418. The topological polar surface area (TPSA) is 66.7 Å². The van der Waals surface area contributed by atoms with Crippen LogP contribution in [0.4, 0.5) is 16.5 Å². The first-order valence-corrected chi connectivity index (χ1v) is 10.4. The summed E-state index contributed by atoms with van der Waals surface area (Å²) < 4.78 is 5.35. The first kappa shape index (κ1) is 18.7. The smallest absolute Gasteiger partial charge is 0.231 e. The Morgan fingerprint density at radius 2 is 1.93 bits per heavy atom. The van der Waals surface area contributed by atoms with E-state index in [0.29, 0.717) is 26.5 Å². The van der Waals surface area contributed by atoms with Crippen molar-refractivity contribution in [3.63, 3.8) is 0 Å². The van der Waals surface area contributed by atoms with Crippen LogP contribution in [0.25, 0.3) is 17.2 Å². The zero-order chi connectivity index (χ0) is 20.7. The Balaban J connectivity index is 1.50. The normalized spacial score (nSPS) is 12.3. The van der Waals surface area contributed by atoms with Crippen molar-refractivity contribution in [2.45, 2.75) is 0 Å². The van der Waals surface area contributed by atoms with Gasteiger partial charge in [0.1, 0.15) is 5.75 Å². The van der Waals surface area contributed by atoms with E-state index >= 15 is 0 Å². The van der Waals surface area contributed by atoms with Crippen LogP contribution in [0.5, 0.6) is 11.6 Å². The maximum Gasteiger partial charge on any atom is 0.231 e. The Kier molecular flexibility index (Phi) is 4.65. The van der Waals surface area contributed by atoms with Gasteiger partial charge in [-0.15, -0.1) is 0 Å². The van der Waals surface area contributed by atoms with Crippen LogP contribution < -0.4 is 20.6 Å². The molecule has 1 aliphatic rings. The first-order chi connectivity index (χ1) is 14.6. The molecular weight excluding hydrogens is 418 g/mol. The molecule has 0 saturated heterocycles. The number of para-hydroxylation sites is 1. The molecular formula is C23H16ClN3O2S. The molecule has 3 aromatic carbocycles. The van der Waals surface area contributed by atoms with Crippen molar-refractivity contribution in [1.29, 1.82) is 0 Å². The highest BCUT2D eigenvalue weighted by Crippen LogP contribution is 2.35. The number of thiazole rings is 1. The van der Waals surface area contributed by atoms with Gasteiger partial charge in [-0.2, -0.15) is 4.98 Å². The minimum Gasteiger partial charge on any atom is -0.495 e. The van der Waals surface area contributed by atoms with Crippen molar-refractivity contribution in [2.75, 3.05) is 12.4 Å². The number of nitrogens with one attached hydrogen (secondary N) is 1. The lowest BCUT2D eigenvalue weighted by Crippen LogP contribution is -2.09. The minimum atomic E-state index is -0.0333. The summed E-state index contributed by atoms with van der Waals surface area (Å²) in [7, 11) is 1.59. The Morgan fingerprint density at radius 1 is 1.07 bits per heavy atom. The molecule has 7 heteroatoms. The summed E-state index contributed by atoms with van der Waals surface area (Å²) >= 11 is 7.43. The molecule has 0 radical (unpaired) electrons. The Bertz CT molecular complexity index is 1400. The summed E-state index contributed by atoms with van der Waals surface area (Å²) in [4.78, 5) is 9.53. The number of methoxy groups -OCH3 is 1. The summed E-state index contributed by atoms with van der Waals surface area (Å²) in [6.07, 6.45) is 1.91. The number of benzene rings is 3. The second kappa shape index (κ2) is 7.48. The summed E-state index contributed by atoms with van der Waals surface area (Å²) in [6, 6.07) is 19.4. The van der Waals surface area contributed by atoms with E-state index < -0.39 is 0 Å². The predicted molar refractivity (Wildman–Crippen MR) is 121 cm³/mol. The monoisotopic (exact) mass is 433 g/mol. The van der Waals surface area contributed by atoms with Crippen LogP contribution in [0.15, 0.2) is 65.7 Å². The number of rotatable bonds is 4. The third kappa shape index (κ3) is 3.40. The zero-order valence-electron chi connectivity index (χ0n) is 15.9. The second-order valence-electron chi connectivity index (χ2n) is 6.73. The van der Waals surface area contributed by atoms with Crippen LogP contribution in [-0.4, -0.2) is 17.2 Å². The maximum atomic E-state index is 10.4. The van der Waals surface area contributed by atoms with Gasteiger partial charge in [-0.3, -0.25) is 0 Å². The van der Waals surface area contributed by atoms with E-state index in [1.807, 2.05) is 36.4 Å². The Hall–Kier alpha value is -3.35. The lowest BCUT2D eigenvalue weighted by Gasteiger charge is -2.08. The highest BCUT2D eigenvalue weighted by molar-refractivity contribution is 7.16. The summed E-state index contributed by atoms with van der Waals surface area (Å²) in [5.74, 6) is 0.606. The number of anilines is 2. The maximum absolute atomic E-state index is 10.4. The highest BCUT2D eigenvalue weighted by atomic mass is 35.5. The number of halogens is 1. The number of nitrogens with zero attached hydrogens (tertiary/aromatic N) is 2. The molecule has 0 spiro atoms. The fourth-order valence-electron chi connectivity index (χ4n) is 3.40. The molecule has 30 heavy (non-hydrogen) atoms. The third-order valence-corrected chi connectivity index (χ3v) is 5.93. The van der Waals surface area contributed by atoms with Gasteiger partial charge in [-0.25, -0.2) is 4.99 Å². The van der Waals surface area contributed by atoms with Gasteiger partial charge in [0.2, 0.25) is 5.88 Å². The molecule has 1 aromatic heterocycles. The fourth-order valence-corrected chi connectivity index (χ4v) is 4.41. The van der Waals surface area contributed by atoms with E-state index in [0.717, 1.165) is 27.4 Å². The number of ether oxygens (including phenoxy) is 1. The fraction of sp³-hybridized carbons (Fsp3) is 0.0435. The zero-order valence-corrected chi connectivity index (χ0v) is 17.5. The average molecular weight is 434 g/mol.